The topological polar surface area (TPSA) is 86.7 Å². The average molecular weight is 711 g/mol. The third-order valence-electron chi connectivity index (χ3n) is 13.1. The summed E-state index contributed by atoms with van der Waals surface area (Å²) < 4.78 is 12.2. The molecule has 1 aromatic carbocycles. The second-order valence-electron chi connectivity index (χ2n) is 16.9. The SMILES string of the molecule is CCC(C(=O)CC(C(=O)C(C)[C@H](C(CC(=O)C1CCCC1C(OC)C(C)C(=O)C[C@H](C)[C@@H](C)c1ccccc1)OC)[C@@H](C)CC)C(C)C)C(C)C. The molecule has 51 heavy (non-hydrogen) atoms. The van der Waals surface area contributed by atoms with Gasteiger partial charge in [-0.15, -0.1) is 0 Å². The van der Waals surface area contributed by atoms with Crippen LogP contribution in [0.3, 0.4) is 0 Å². The molecule has 2 rings (SSSR count). The molecule has 0 aliphatic heterocycles. The van der Waals surface area contributed by atoms with Crippen LogP contribution in [0.15, 0.2) is 30.3 Å². The number of carbonyl (C=O) groups excluding carboxylic acids is 4. The van der Waals surface area contributed by atoms with E-state index < -0.39 is 6.10 Å². The van der Waals surface area contributed by atoms with Gasteiger partial charge in [-0.05, 0) is 66.3 Å². The van der Waals surface area contributed by atoms with Crippen molar-refractivity contribution in [3.63, 3.8) is 0 Å². The van der Waals surface area contributed by atoms with Gasteiger partial charge in [0.25, 0.3) is 0 Å². The zero-order valence-corrected chi connectivity index (χ0v) is 34.6. The fourth-order valence-corrected chi connectivity index (χ4v) is 9.29. The predicted octanol–water partition coefficient (Wildman–Crippen LogP) is 10.2. The number of ketones is 4. The van der Waals surface area contributed by atoms with Crippen LogP contribution in [0.2, 0.25) is 0 Å². The lowest BCUT2D eigenvalue weighted by Gasteiger charge is -2.37. The van der Waals surface area contributed by atoms with Crippen molar-refractivity contribution in [2.75, 3.05) is 14.2 Å². The zero-order chi connectivity index (χ0) is 38.6. The summed E-state index contributed by atoms with van der Waals surface area (Å²) in [5.41, 5.74) is 1.24. The zero-order valence-electron chi connectivity index (χ0n) is 34.6. The van der Waals surface area contributed by atoms with Gasteiger partial charge in [-0.3, -0.25) is 19.2 Å². The third-order valence-corrected chi connectivity index (χ3v) is 13.1. The van der Waals surface area contributed by atoms with Gasteiger partial charge in [0.05, 0.1) is 12.2 Å². The number of hydrogen-bond donors (Lipinski definition) is 0. The molecule has 1 aromatic rings. The molecule has 0 bridgehead atoms. The van der Waals surface area contributed by atoms with E-state index in [1.165, 1.54) is 5.56 Å². The molecule has 0 radical (unpaired) electrons. The summed E-state index contributed by atoms with van der Waals surface area (Å²) in [6.45, 7) is 22.8. The fourth-order valence-electron chi connectivity index (χ4n) is 9.29. The molecule has 0 heterocycles. The van der Waals surface area contributed by atoms with Gasteiger partial charge in [0.15, 0.2) is 0 Å². The maximum absolute atomic E-state index is 14.3. The van der Waals surface area contributed by atoms with Crippen molar-refractivity contribution in [1.82, 2.24) is 0 Å². The van der Waals surface area contributed by atoms with Crippen LogP contribution in [0.1, 0.15) is 139 Å². The number of rotatable bonds is 24. The summed E-state index contributed by atoms with van der Waals surface area (Å²) in [5.74, 6) is -0.0148. The van der Waals surface area contributed by atoms with Gasteiger partial charge in [0, 0.05) is 63.1 Å². The molecule has 0 aromatic heterocycles. The Morgan fingerprint density at radius 2 is 1.29 bits per heavy atom. The van der Waals surface area contributed by atoms with Gasteiger partial charge in [0.2, 0.25) is 0 Å². The van der Waals surface area contributed by atoms with Crippen molar-refractivity contribution in [3.05, 3.63) is 35.9 Å². The van der Waals surface area contributed by atoms with Gasteiger partial charge in [-0.2, -0.15) is 0 Å². The van der Waals surface area contributed by atoms with Crippen LogP contribution in [0, 0.1) is 65.1 Å². The molecule has 1 aliphatic rings. The van der Waals surface area contributed by atoms with E-state index in [0.29, 0.717) is 6.42 Å². The second-order valence-corrected chi connectivity index (χ2v) is 16.9. The van der Waals surface area contributed by atoms with Crippen molar-refractivity contribution >= 4 is 23.1 Å². The number of carbonyl (C=O) groups is 4. The molecular weight excluding hydrogens is 636 g/mol. The lowest BCUT2D eigenvalue weighted by molar-refractivity contribution is -0.140. The van der Waals surface area contributed by atoms with E-state index >= 15 is 0 Å². The predicted molar refractivity (Wildman–Crippen MR) is 209 cm³/mol. The lowest BCUT2D eigenvalue weighted by Crippen LogP contribution is -2.43. The minimum atomic E-state index is -0.421. The summed E-state index contributed by atoms with van der Waals surface area (Å²) in [7, 11) is 3.33. The monoisotopic (exact) mass is 711 g/mol. The Morgan fingerprint density at radius 3 is 1.80 bits per heavy atom. The van der Waals surface area contributed by atoms with E-state index in [-0.39, 0.29) is 113 Å². The molecular formula is C45H74O6. The Labute approximate surface area is 312 Å². The molecule has 0 saturated heterocycles. The maximum atomic E-state index is 14.3. The summed E-state index contributed by atoms with van der Waals surface area (Å²) >= 11 is 0. The van der Waals surface area contributed by atoms with Gasteiger partial charge in [0.1, 0.15) is 23.1 Å². The average Bonchev–Trinajstić information content (AvgIpc) is 3.59. The Morgan fingerprint density at radius 1 is 0.686 bits per heavy atom. The lowest BCUT2D eigenvalue weighted by atomic mass is 9.69. The van der Waals surface area contributed by atoms with Crippen molar-refractivity contribution in [2.24, 2.45) is 65.1 Å². The fraction of sp³-hybridized carbons (Fsp3) is 0.778. The molecule has 0 amide bonds. The molecule has 12 atom stereocenters. The number of benzene rings is 1. The highest BCUT2D eigenvalue weighted by atomic mass is 16.5. The van der Waals surface area contributed by atoms with Gasteiger partial charge in [-0.1, -0.05) is 119 Å². The summed E-state index contributed by atoms with van der Waals surface area (Å²) in [5, 5.41) is 0. The van der Waals surface area contributed by atoms with E-state index in [9.17, 15) is 19.2 Å². The number of hydrogen-bond acceptors (Lipinski definition) is 6. The maximum Gasteiger partial charge on any atom is 0.139 e. The van der Waals surface area contributed by atoms with Crippen LogP contribution < -0.4 is 0 Å². The van der Waals surface area contributed by atoms with Gasteiger partial charge >= 0.3 is 0 Å². The molecule has 8 unspecified atom stereocenters. The summed E-state index contributed by atoms with van der Waals surface area (Å²) in [6, 6.07) is 10.3. The highest BCUT2D eigenvalue weighted by Gasteiger charge is 2.45. The first-order chi connectivity index (χ1) is 24.0. The first kappa shape index (κ1) is 45.0. The van der Waals surface area contributed by atoms with E-state index in [2.05, 4.69) is 53.7 Å². The largest absolute Gasteiger partial charge is 0.381 e. The van der Waals surface area contributed by atoms with Crippen LogP contribution in [0.5, 0.6) is 0 Å². The van der Waals surface area contributed by atoms with E-state index in [4.69, 9.17) is 9.47 Å². The quantitative estimate of drug-likeness (QED) is 0.106. The van der Waals surface area contributed by atoms with Crippen LogP contribution in [-0.4, -0.2) is 49.6 Å². The highest BCUT2D eigenvalue weighted by Crippen LogP contribution is 2.42. The molecule has 0 spiro atoms. The van der Waals surface area contributed by atoms with Crippen molar-refractivity contribution in [1.29, 1.82) is 0 Å². The molecule has 6 nitrogen and oxygen atoms in total. The number of Topliss-reactive ketones (excluding diaryl/α,β-unsaturated/α-hetero) is 4. The summed E-state index contributed by atoms with van der Waals surface area (Å²) in [4.78, 5) is 55.7. The van der Waals surface area contributed by atoms with Crippen LogP contribution in [0.25, 0.3) is 0 Å². The first-order valence-electron chi connectivity index (χ1n) is 20.3. The summed E-state index contributed by atoms with van der Waals surface area (Å²) in [6.07, 6.45) is 4.39. The van der Waals surface area contributed by atoms with E-state index in [1.54, 1.807) is 14.2 Å². The van der Waals surface area contributed by atoms with Crippen molar-refractivity contribution < 1.29 is 28.7 Å². The van der Waals surface area contributed by atoms with Crippen molar-refractivity contribution in [2.45, 2.75) is 146 Å². The second kappa shape index (κ2) is 21.5. The Hall–Kier alpha value is -2.18. The standard InChI is InChI=1S/C45H74O6/c1-14-29(7)43(33(11)44(49)38(28(5)6)25-40(47)35(15-2)27(3)4)42(50-12)26-41(48)36-22-19-23-37(36)45(51-13)32(10)39(46)24-30(8)31(9)34-20-17-16-18-21-34/h16-18,20-21,27-33,35-38,42-43,45H,14-15,19,22-26H2,1-13H3/t29-,30-,31+,32?,33?,35?,36?,37?,38?,42?,43+,45?/m0/s1. The number of ether oxygens (including phenoxy) is 2. The van der Waals surface area contributed by atoms with Crippen LogP contribution in [0.4, 0.5) is 0 Å². The van der Waals surface area contributed by atoms with Gasteiger partial charge < -0.3 is 9.47 Å². The van der Waals surface area contributed by atoms with Crippen LogP contribution >= 0.6 is 0 Å². The van der Waals surface area contributed by atoms with Crippen molar-refractivity contribution in [3.8, 4) is 0 Å². The first-order valence-corrected chi connectivity index (χ1v) is 20.3. The molecule has 1 aliphatic carbocycles. The Bertz CT molecular complexity index is 1220. The third kappa shape index (κ3) is 11.9. The Balaban J connectivity index is 2.24. The Kier molecular flexibility index (Phi) is 19.0. The smallest absolute Gasteiger partial charge is 0.139 e. The van der Waals surface area contributed by atoms with Gasteiger partial charge in [-0.25, -0.2) is 0 Å². The molecule has 1 saturated carbocycles. The van der Waals surface area contributed by atoms with Crippen LogP contribution in [-0.2, 0) is 28.7 Å². The number of methoxy groups -OCH3 is 2. The highest BCUT2D eigenvalue weighted by molar-refractivity contribution is 5.90. The van der Waals surface area contributed by atoms with E-state index in [0.717, 1.165) is 32.1 Å². The molecule has 290 valence electrons. The minimum absolute atomic E-state index is 0.0354. The minimum Gasteiger partial charge on any atom is -0.381 e. The normalized spacial score (nSPS) is 22.4. The molecule has 6 heteroatoms. The van der Waals surface area contributed by atoms with E-state index in [1.807, 2.05) is 52.8 Å². The molecule has 1 fully saturated rings. The molecule has 0 N–H and O–H groups in total.